The number of alkyl halides is 3. The van der Waals surface area contributed by atoms with E-state index in [0.717, 1.165) is 17.3 Å². The van der Waals surface area contributed by atoms with Crippen molar-refractivity contribution in [3.05, 3.63) is 58.8 Å². The predicted molar refractivity (Wildman–Crippen MR) is 77.9 cm³/mol. The van der Waals surface area contributed by atoms with Gasteiger partial charge in [-0.1, -0.05) is 18.2 Å². The molecule has 0 unspecified atom stereocenters. The van der Waals surface area contributed by atoms with Crippen molar-refractivity contribution in [2.75, 3.05) is 19.0 Å². The first-order valence-electron chi connectivity index (χ1n) is 6.39. The van der Waals surface area contributed by atoms with Gasteiger partial charge < -0.3 is 10.1 Å². The summed E-state index contributed by atoms with van der Waals surface area (Å²) in [5, 5.41) is 11.1. The van der Waals surface area contributed by atoms with Gasteiger partial charge in [-0.05, 0) is 28.8 Å². The number of hydrogen-bond acceptors (Lipinski definition) is 3. The summed E-state index contributed by atoms with van der Waals surface area (Å²) in [4.78, 5) is 5.61. The number of hydrogen-bond donors (Lipinski definition) is 0. The van der Waals surface area contributed by atoms with Gasteiger partial charge in [0.25, 0.3) is 6.33 Å². The van der Waals surface area contributed by atoms with E-state index in [1.54, 1.807) is 6.08 Å². The number of aromatic nitrogens is 2. The monoisotopic (exact) mass is 309 g/mol. The van der Waals surface area contributed by atoms with E-state index >= 15 is 0 Å². The Bertz CT molecular complexity index is 679. The second-order valence-corrected chi connectivity index (χ2v) is 4.84. The summed E-state index contributed by atoms with van der Waals surface area (Å²) in [6.45, 7) is 0. The van der Waals surface area contributed by atoms with Crippen LogP contribution in [0.3, 0.4) is 0 Å². The quantitative estimate of drug-likeness (QED) is 0.647. The maximum absolute atomic E-state index is 12.6. The zero-order valence-corrected chi connectivity index (χ0v) is 12.0. The molecule has 0 aliphatic rings. The van der Waals surface area contributed by atoms with Crippen LogP contribution in [0.5, 0.6) is 0 Å². The average molecular weight is 309 g/mol. The van der Waals surface area contributed by atoms with Crippen LogP contribution in [0.1, 0.15) is 17.0 Å². The molecule has 0 spiro atoms. The van der Waals surface area contributed by atoms with Gasteiger partial charge in [0.2, 0.25) is 5.69 Å². The number of anilines is 1. The van der Waals surface area contributed by atoms with E-state index in [1.807, 2.05) is 43.3 Å². The summed E-state index contributed by atoms with van der Waals surface area (Å²) in [7, 11) is 3.82. The molecule has 1 aromatic heterocycles. The lowest BCUT2D eigenvalue weighted by Gasteiger charge is -2.11. The molecule has 0 aliphatic heterocycles. The molecule has 2 rings (SSSR count). The lowest BCUT2D eigenvalue weighted by molar-refractivity contribution is -0.632. The summed E-state index contributed by atoms with van der Waals surface area (Å²) in [5.74, 6) is 0. The summed E-state index contributed by atoms with van der Waals surface area (Å²) in [6.07, 6.45) is -1.03. The van der Waals surface area contributed by atoms with Crippen LogP contribution in [0.25, 0.3) is 12.2 Å². The highest BCUT2D eigenvalue weighted by molar-refractivity contribution is 5.69. The lowest BCUT2D eigenvalue weighted by atomic mass is 10.1. The molecule has 0 fully saturated rings. The Morgan fingerprint density at radius 1 is 1.14 bits per heavy atom. The van der Waals surface area contributed by atoms with E-state index in [9.17, 15) is 18.4 Å². The van der Waals surface area contributed by atoms with E-state index in [1.165, 1.54) is 6.08 Å². The predicted octanol–water partition coefficient (Wildman–Crippen LogP) is 2.97. The average Bonchev–Trinajstić information content (AvgIpc) is 2.45. The first-order chi connectivity index (χ1) is 10.3. The molecule has 0 aliphatic carbocycles. The van der Waals surface area contributed by atoms with E-state index in [4.69, 9.17) is 0 Å². The third-order valence-electron chi connectivity index (χ3n) is 2.98. The van der Waals surface area contributed by atoms with Crippen molar-refractivity contribution in [2.45, 2.75) is 6.18 Å². The van der Waals surface area contributed by atoms with Gasteiger partial charge in [0.1, 0.15) is 0 Å². The molecule has 7 heteroatoms. The smallest absolute Gasteiger partial charge is 0.454 e. The van der Waals surface area contributed by atoms with Gasteiger partial charge in [0, 0.05) is 25.8 Å². The summed E-state index contributed by atoms with van der Waals surface area (Å²) < 4.78 is 37.6. The Morgan fingerprint density at radius 3 is 2.32 bits per heavy atom. The van der Waals surface area contributed by atoms with Gasteiger partial charge in [-0.15, -0.1) is 0 Å². The molecule has 1 aromatic carbocycles. The third-order valence-corrected chi connectivity index (χ3v) is 2.98. The molecule has 0 radical (unpaired) electrons. The van der Waals surface area contributed by atoms with Gasteiger partial charge in [0.15, 0.2) is 5.69 Å². The highest BCUT2D eigenvalue weighted by Gasteiger charge is 2.36. The maximum Gasteiger partial charge on any atom is 0.454 e. The van der Waals surface area contributed by atoms with E-state index < -0.39 is 11.9 Å². The lowest BCUT2D eigenvalue weighted by Crippen LogP contribution is -2.37. The van der Waals surface area contributed by atoms with Crippen molar-refractivity contribution in [3.8, 4) is 0 Å². The fourth-order valence-corrected chi connectivity index (χ4v) is 1.79. The number of rotatable bonds is 3. The molecular formula is C15H14F3N3O. The molecule has 0 saturated heterocycles. The molecule has 0 amide bonds. The number of benzene rings is 1. The summed E-state index contributed by atoms with van der Waals surface area (Å²) in [5.41, 5.74) is 0.614. The molecule has 2 aromatic rings. The molecule has 0 saturated carbocycles. The van der Waals surface area contributed by atoms with Crippen LogP contribution in [0.15, 0.2) is 36.7 Å². The Balaban J connectivity index is 2.23. The second kappa shape index (κ2) is 6.05. The molecule has 0 bridgehead atoms. The van der Waals surface area contributed by atoms with Crippen molar-refractivity contribution in [1.29, 1.82) is 0 Å². The Morgan fingerprint density at radius 2 is 1.77 bits per heavy atom. The molecule has 4 nitrogen and oxygen atoms in total. The van der Waals surface area contributed by atoms with Crippen molar-refractivity contribution in [2.24, 2.45) is 0 Å². The third kappa shape index (κ3) is 3.75. The zero-order valence-electron chi connectivity index (χ0n) is 12.0. The minimum atomic E-state index is -4.71. The van der Waals surface area contributed by atoms with Crippen molar-refractivity contribution >= 4 is 17.8 Å². The fraction of sp³-hybridized carbons (Fsp3) is 0.200. The van der Waals surface area contributed by atoms with E-state index in [0.29, 0.717) is 6.33 Å². The highest BCUT2D eigenvalue weighted by atomic mass is 19.4. The zero-order chi connectivity index (χ0) is 16.3. The topological polar surface area (TPSA) is 43.1 Å². The van der Waals surface area contributed by atoms with Crippen LogP contribution in [0.2, 0.25) is 0 Å². The Labute approximate surface area is 125 Å². The van der Waals surface area contributed by atoms with Gasteiger partial charge >= 0.3 is 6.18 Å². The molecular weight excluding hydrogens is 295 g/mol. The summed E-state index contributed by atoms with van der Waals surface area (Å²) >= 11 is 0. The van der Waals surface area contributed by atoms with Crippen molar-refractivity contribution < 1.29 is 17.9 Å². The molecule has 22 heavy (non-hydrogen) atoms. The number of nitrogens with zero attached hydrogens (tertiary/aromatic N) is 3. The van der Waals surface area contributed by atoms with E-state index in [-0.39, 0.29) is 10.4 Å². The molecule has 116 valence electrons. The standard InChI is InChI=1S/C15H14F3N3O/c1-20(2)13-7-4-11(5-8-13)3-6-12-9-14(15(16,17)18)21(22)10-19-12/h3-10H,1-2H3. The fourth-order valence-electron chi connectivity index (χ4n) is 1.79. The largest absolute Gasteiger partial charge is 0.711 e. The van der Waals surface area contributed by atoms with Gasteiger partial charge in [-0.2, -0.15) is 13.2 Å². The normalized spacial score (nSPS) is 11.9. The first kappa shape index (κ1) is 15.8. The SMILES string of the molecule is CN(C)c1ccc(C=Cc2cc(C(F)(F)F)[n+]([O-])cn2)cc1. The van der Waals surface area contributed by atoms with Gasteiger partial charge in [0.05, 0.1) is 0 Å². The molecule has 0 N–H and O–H groups in total. The first-order valence-corrected chi connectivity index (χ1v) is 6.39. The second-order valence-electron chi connectivity index (χ2n) is 4.84. The minimum Gasteiger partial charge on any atom is -0.711 e. The van der Waals surface area contributed by atoms with Gasteiger partial charge in [-0.25, -0.2) is 4.73 Å². The van der Waals surface area contributed by atoms with Crippen molar-refractivity contribution in [1.82, 2.24) is 4.98 Å². The Hall–Kier alpha value is -2.57. The van der Waals surface area contributed by atoms with Crippen LogP contribution in [0, 0.1) is 5.21 Å². The highest BCUT2D eigenvalue weighted by Crippen LogP contribution is 2.26. The molecule has 1 heterocycles. The van der Waals surface area contributed by atoms with Crippen LogP contribution in [-0.2, 0) is 6.18 Å². The van der Waals surface area contributed by atoms with Crippen LogP contribution in [0.4, 0.5) is 18.9 Å². The van der Waals surface area contributed by atoms with Crippen LogP contribution < -0.4 is 9.63 Å². The van der Waals surface area contributed by atoms with Crippen LogP contribution in [-0.4, -0.2) is 19.1 Å². The van der Waals surface area contributed by atoms with Gasteiger partial charge in [-0.3, -0.25) is 0 Å². The number of halogens is 3. The minimum absolute atomic E-state index is 0.0658. The maximum atomic E-state index is 12.6. The van der Waals surface area contributed by atoms with Crippen molar-refractivity contribution in [3.63, 3.8) is 0 Å². The van der Waals surface area contributed by atoms with E-state index in [2.05, 4.69) is 4.98 Å². The summed E-state index contributed by atoms with van der Waals surface area (Å²) in [6, 6.07) is 8.19. The van der Waals surface area contributed by atoms with Crippen LogP contribution >= 0.6 is 0 Å². The Kier molecular flexibility index (Phi) is 4.35. The molecule has 0 atom stereocenters.